The van der Waals surface area contributed by atoms with Crippen LogP contribution in [-0.4, -0.2) is 30.8 Å². The first-order chi connectivity index (χ1) is 9.16. The molecule has 1 saturated carbocycles. The van der Waals surface area contributed by atoms with Crippen LogP contribution in [0, 0.1) is 11.7 Å². The SMILES string of the molecule is CN(CCC(=O)c1ccccc1F)CC1CCCC1. The highest BCUT2D eigenvalue weighted by atomic mass is 19.1. The molecule has 3 heteroatoms. The van der Waals surface area contributed by atoms with Crippen molar-refractivity contribution in [1.82, 2.24) is 4.90 Å². The fourth-order valence-electron chi connectivity index (χ4n) is 2.84. The zero-order chi connectivity index (χ0) is 13.7. The van der Waals surface area contributed by atoms with Gasteiger partial charge in [-0.1, -0.05) is 25.0 Å². The molecule has 1 fully saturated rings. The number of Topliss-reactive ketones (excluding diaryl/α,β-unsaturated/α-hetero) is 1. The summed E-state index contributed by atoms with van der Waals surface area (Å²) in [7, 11) is 2.05. The number of rotatable bonds is 6. The van der Waals surface area contributed by atoms with Gasteiger partial charge in [0.25, 0.3) is 0 Å². The average Bonchev–Trinajstić information content (AvgIpc) is 2.89. The van der Waals surface area contributed by atoms with E-state index in [4.69, 9.17) is 0 Å². The number of nitrogens with zero attached hydrogens (tertiary/aromatic N) is 1. The van der Waals surface area contributed by atoms with Crippen LogP contribution in [-0.2, 0) is 0 Å². The van der Waals surface area contributed by atoms with Gasteiger partial charge in [-0.2, -0.15) is 0 Å². The standard InChI is InChI=1S/C16H22FNO/c1-18(12-13-6-2-3-7-13)11-10-16(19)14-8-4-5-9-15(14)17/h4-5,8-9,13H,2-3,6-7,10-12H2,1H3. The molecule has 2 nitrogen and oxygen atoms in total. The highest BCUT2D eigenvalue weighted by Crippen LogP contribution is 2.25. The van der Waals surface area contributed by atoms with Crippen molar-refractivity contribution in [3.63, 3.8) is 0 Å². The predicted molar refractivity (Wildman–Crippen MR) is 74.8 cm³/mol. The summed E-state index contributed by atoms with van der Waals surface area (Å²) >= 11 is 0. The Hall–Kier alpha value is -1.22. The average molecular weight is 263 g/mol. The van der Waals surface area contributed by atoms with Gasteiger partial charge in [0.15, 0.2) is 5.78 Å². The molecule has 0 heterocycles. The summed E-state index contributed by atoms with van der Waals surface area (Å²) in [6, 6.07) is 6.22. The second-order valence-corrected chi connectivity index (χ2v) is 5.57. The van der Waals surface area contributed by atoms with Crippen molar-refractivity contribution in [1.29, 1.82) is 0 Å². The van der Waals surface area contributed by atoms with Gasteiger partial charge < -0.3 is 4.90 Å². The van der Waals surface area contributed by atoms with E-state index in [2.05, 4.69) is 4.90 Å². The Labute approximate surface area is 114 Å². The zero-order valence-electron chi connectivity index (χ0n) is 11.6. The molecular formula is C16H22FNO. The molecule has 0 aliphatic heterocycles. The maximum Gasteiger partial charge on any atom is 0.167 e. The molecule has 1 aliphatic rings. The third kappa shape index (κ3) is 4.13. The van der Waals surface area contributed by atoms with Crippen LogP contribution >= 0.6 is 0 Å². The maximum absolute atomic E-state index is 13.5. The summed E-state index contributed by atoms with van der Waals surface area (Å²) < 4.78 is 13.5. The molecule has 1 aliphatic carbocycles. The molecule has 1 aromatic rings. The highest BCUT2D eigenvalue weighted by Gasteiger charge is 2.17. The Kier molecular flexibility index (Phi) is 5.08. The van der Waals surface area contributed by atoms with Gasteiger partial charge in [-0.3, -0.25) is 4.79 Å². The summed E-state index contributed by atoms with van der Waals surface area (Å²) in [5.74, 6) is 0.274. The first-order valence-corrected chi connectivity index (χ1v) is 7.13. The molecule has 0 spiro atoms. The second-order valence-electron chi connectivity index (χ2n) is 5.57. The van der Waals surface area contributed by atoms with E-state index >= 15 is 0 Å². The van der Waals surface area contributed by atoms with Gasteiger partial charge in [-0.25, -0.2) is 4.39 Å². The Balaban J connectivity index is 1.78. The lowest BCUT2D eigenvalue weighted by molar-refractivity contribution is 0.0962. The Morgan fingerprint density at radius 3 is 2.68 bits per heavy atom. The third-order valence-corrected chi connectivity index (χ3v) is 3.94. The van der Waals surface area contributed by atoms with E-state index in [1.54, 1.807) is 18.2 Å². The molecule has 0 bridgehead atoms. The highest BCUT2D eigenvalue weighted by molar-refractivity contribution is 5.96. The summed E-state index contributed by atoms with van der Waals surface area (Å²) in [6.07, 6.45) is 5.70. The van der Waals surface area contributed by atoms with Crippen LogP contribution in [0.2, 0.25) is 0 Å². The summed E-state index contributed by atoms with van der Waals surface area (Å²) in [5, 5.41) is 0. The number of hydrogen-bond acceptors (Lipinski definition) is 2. The molecule has 0 atom stereocenters. The quantitative estimate of drug-likeness (QED) is 0.732. The first kappa shape index (κ1) is 14.2. The third-order valence-electron chi connectivity index (χ3n) is 3.94. The Morgan fingerprint density at radius 2 is 2.00 bits per heavy atom. The molecule has 104 valence electrons. The van der Waals surface area contributed by atoms with Crippen LogP contribution in [0.1, 0.15) is 42.5 Å². The van der Waals surface area contributed by atoms with Crippen molar-refractivity contribution in [2.75, 3.05) is 20.1 Å². The van der Waals surface area contributed by atoms with Gasteiger partial charge in [-0.15, -0.1) is 0 Å². The van der Waals surface area contributed by atoms with Crippen molar-refractivity contribution in [2.24, 2.45) is 5.92 Å². The molecular weight excluding hydrogens is 241 g/mol. The van der Waals surface area contributed by atoms with E-state index in [0.717, 1.165) is 12.5 Å². The number of carbonyl (C=O) groups is 1. The Morgan fingerprint density at radius 1 is 1.32 bits per heavy atom. The molecule has 2 rings (SSSR count). The molecule has 0 radical (unpaired) electrons. The largest absolute Gasteiger partial charge is 0.306 e. The fraction of sp³-hybridized carbons (Fsp3) is 0.562. The van der Waals surface area contributed by atoms with Crippen LogP contribution in [0.5, 0.6) is 0 Å². The summed E-state index contributed by atoms with van der Waals surface area (Å²) in [4.78, 5) is 14.1. The van der Waals surface area contributed by atoms with Gasteiger partial charge >= 0.3 is 0 Å². The molecule has 0 saturated heterocycles. The summed E-state index contributed by atoms with van der Waals surface area (Å²) in [5.41, 5.74) is 0.219. The lowest BCUT2D eigenvalue weighted by Gasteiger charge is -2.20. The van der Waals surface area contributed by atoms with E-state index in [1.807, 2.05) is 7.05 Å². The number of ketones is 1. The number of hydrogen-bond donors (Lipinski definition) is 0. The minimum absolute atomic E-state index is 0.101. The summed E-state index contributed by atoms with van der Waals surface area (Å²) in [6.45, 7) is 1.77. The first-order valence-electron chi connectivity index (χ1n) is 7.13. The van der Waals surface area contributed by atoms with Crippen LogP contribution in [0.25, 0.3) is 0 Å². The maximum atomic E-state index is 13.5. The van der Waals surface area contributed by atoms with Crippen molar-refractivity contribution >= 4 is 5.78 Å². The smallest absolute Gasteiger partial charge is 0.167 e. The van der Waals surface area contributed by atoms with E-state index in [0.29, 0.717) is 13.0 Å². The van der Waals surface area contributed by atoms with Crippen LogP contribution < -0.4 is 0 Å². The normalized spacial score (nSPS) is 16.2. The lowest BCUT2D eigenvalue weighted by atomic mass is 10.1. The van der Waals surface area contributed by atoms with Gasteiger partial charge in [0.1, 0.15) is 5.82 Å². The fourth-order valence-corrected chi connectivity index (χ4v) is 2.84. The van der Waals surface area contributed by atoms with Gasteiger partial charge in [-0.05, 0) is 37.9 Å². The van der Waals surface area contributed by atoms with Gasteiger partial charge in [0, 0.05) is 19.5 Å². The van der Waals surface area contributed by atoms with Crippen molar-refractivity contribution < 1.29 is 9.18 Å². The van der Waals surface area contributed by atoms with Crippen molar-refractivity contribution in [2.45, 2.75) is 32.1 Å². The van der Waals surface area contributed by atoms with E-state index in [1.165, 1.54) is 31.7 Å². The van der Waals surface area contributed by atoms with Crippen LogP contribution in [0.3, 0.4) is 0 Å². The lowest BCUT2D eigenvalue weighted by Crippen LogP contribution is -2.27. The number of benzene rings is 1. The minimum Gasteiger partial charge on any atom is -0.306 e. The molecule has 0 amide bonds. The second kappa shape index (κ2) is 6.80. The Bertz CT molecular complexity index is 427. The number of carbonyl (C=O) groups excluding carboxylic acids is 1. The van der Waals surface area contributed by atoms with E-state index in [9.17, 15) is 9.18 Å². The molecule has 0 aromatic heterocycles. The minimum atomic E-state index is -0.411. The molecule has 0 N–H and O–H groups in total. The monoisotopic (exact) mass is 263 g/mol. The zero-order valence-corrected chi connectivity index (χ0v) is 11.6. The molecule has 1 aromatic carbocycles. The molecule has 19 heavy (non-hydrogen) atoms. The van der Waals surface area contributed by atoms with E-state index < -0.39 is 5.82 Å². The van der Waals surface area contributed by atoms with Gasteiger partial charge in [0.2, 0.25) is 0 Å². The van der Waals surface area contributed by atoms with Crippen molar-refractivity contribution in [3.8, 4) is 0 Å². The van der Waals surface area contributed by atoms with Crippen LogP contribution in [0.15, 0.2) is 24.3 Å². The number of halogens is 1. The molecule has 0 unspecified atom stereocenters. The topological polar surface area (TPSA) is 20.3 Å². The predicted octanol–water partition coefficient (Wildman–Crippen LogP) is 3.52. The van der Waals surface area contributed by atoms with Crippen LogP contribution in [0.4, 0.5) is 4.39 Å². The van der Waals surface area contributed by atoms with Crippen molar-refractivity contribution in [3.05, 3.63) is 35.6 Å². The van der Waals surface area contributed by atoms with Gasteiger partial charge in [0.05, 0.1) is 5.56 Å². The van der Waals surface area contributed by atoms with E-state index in [-0.39, 0.29) is 11.3 Å².